The lowest BCUT2D eigenvalue weighted by Crippen LogP contribution is -2.28. The molecule has 0 aromatic rings. The molecular formula is C8H18N2. The first-order valence-electron chi connectivity index (χ1n) is 4.37. The maximum Gasteiger partial charge on any atom is 0.0126 e. The van der Waals surface area contributed by atoms with Crippen LogP contribution in [-0.2, 0) is 0 Å². The van der Waals surface area contributed by atoms with Gasteiger partial charge in [-0.3, -0.25) is 11.3 Å². The van der Waals surface area contributed by atoms with E-state index in [1.807, 2.05) is 0 Å². The molecular weight excluding hydrogens is 124 g/mol. The van der Waals surface area contributed by atoms with Crippen LogP contribution in [0, 0.1) is 5.92 Å². The SMILES string of the molecule is NNCC1CCCCCC1. The molecule has 0 heterocycles. The van der Waals surface area contributed by atoms with Gasteiger partial charge in [0.1, 0.15) is 0 Å². The lowest BCUT2D eigenvalue weighted by molar-refractivity contribution is 0.430. The van der Waals surface area contributed by atoms with Gasteiger partial charge in [0, 0.05) is 6.54 Å². The van der Waals surface area contributed by atoms with Gasteiger partial charge in [-0.05, 0) is 18.8 Å². The minimum atomic E-state index is 0.854. The zero-order chi connectivity index (χ0) is 7.23. The van der Waals surface area contributed by atoms with E-state index >= 15 is 0 Å². The summed E-state index contributed by atoms with van der Waals surface area (Å²) in [6, 6.07) is 0. The molecule has 1 aliphatic carbocycles. The highest BCUT2D eigenvalue weighted by Gasteiger charge is 2.10. The standard InChI is InChI=1S/C8H18N2/c9-10-7-8-5-3-1-2-4-6-8/h8,10H,1-7,9H2. The predicted molar refractivity (Wildman–Crippen MR) is 43.4 cm³/mol. The van der Waals surface area contributed by atoms with Crippen molar-refractivity contribution in [3.05, 3.63) is 0 Å². The van der Waals surface area contributed by atoms with Crippen molar-refractivity contribution in [3.63, 3.8) is 0 Å². The summed E-state index contributed by atoms with van der Waals surface area (Å²) >= 11 is 0. The third-order valence-electron chi connectivity index (χ3n) is 2.38. The summed E-state index contributed by atoms with van der Waals surface area (Å²) in [6.45, 7) is 1.01. The molecule has 0 amide bonds. The van der Waals surface area contributed by atoms with Crippen molar-refractivity contribution in [2.24, 2.45) is 11.8 Å². The Morgan fingerprint density at radius 3 is 2.20 bits per heavy atom. The van der Waals surface area contributed by atoms with Gasteiger partial charge in [-0.2, -0.15) is 0 Å². The van der Waals surface area contributed by atoms with Crippen LogP contribution in [0.3, 0.4) is 0 Å². The summed E-state index contributed by atoms with van der Waals surface area (Å²) in [4.78, 5) is 0. The van der Waals surface area contributed by atoms with Crippen LogP contribution < -0.4 is 11.3 Å². The first kappa shape index (κ1) is 8.02. The average Bonchev–Trinajstić information content (AvgIpc) is 2.17. The molecule has 0 aromatic heterocycles. The van der Waals surface area contributed by atoms with E-state index in [2.05, 4.69) is 5.43 Å². The van der Waals surface area contributed by atoms with E-state index in [0.717, 1.165) is 12.5 Å². The largest absolute Gasteiger partial charge is 0.271 e. The van der Waals surface area contributed by atoms with Gasteiger partial charge >= 0.3 is 0 Å². The highest BCUT2D eigenvalue weighted by Crippen LogP contribution is 2.21. The van der Waals surface area contributed by atoms with Gasteiger partial charge in [-0.1, -0.05) is 25.7 Å². The Morgan fingerprint density at radius 1 is 1.10 bits per heavy atom. The zero-order valence-electron chi connectivity index (χ0n) is 6.60. The van der Waals surface area contributed by atoms with Gasteiger partial charge in [-0.15, -0.1) is 0 Å². The third-order valence-corrected chi connectivity index (χ3v) is 2.38. The molecule has 0 aromatic carbocycles. The highest BCUT2D eigenvalue weighted by molar-refractivity contribution is 4.65. The predicted octanol–water partition coefficient (Wildman–Crippen LogP) is 1.42. The molecule has 3 N–H and O–H groups in total. The molecule has 0 spiro atoms. The maximum absolute atomic E-state index is 5.26. The van der Waals surface area contributed by atoms with Crippen molar-refractivity contribution in [3.8, 4) is 0 Å². The van der Waals surface area contributed by atoms with Crippen LogP contribution in [0.4, 0.5) is 0 Å². The van der Waals surface area contributed by atoms with E-state index < -0.39 is 0 Å². The molecule has 2 heteroatoms. The average molecular weight is 142 g/mol. The monoisotopic (exact) mass is 142 g/mol. The van der Waals surface area contributed by atoms with Crippen LogP contribution in [0.25, 0.3) is 0 Å². The first-order chi connectivity index (χ1) is 4.93. The second-order valence-corrected chi connectivity index (χ2v) is 3.27. The smallest absolute Gasteiger partial charge is 0.0126 e. The van der Waals surface area contributed by atoms with E-state index in [1.165, 1.54) is 38.5 Å². The van der Waals surface area contributed by atoms with Crippen LogP contribution in [0.1, 0.15) is 38.5 Å². The summed E-state index contributed by atoms with van der Waals surface area (Å²) < 4.78 is 0. The fourth-order valence-electron chi connectivity index (χ4n) is 1.73. The summed E-state index contributed by atoms with van der Waals surface area (Å²) in [5, 5.41) is 0. The van der Waals surface area contributed by atoms with Crippen LogP contribution in [0.2, 0.25) is 0 Å². The van der Waals surface area contributed by atoms with Crippen LogP contribution in [0.15, 0.2) is 0 Å². The van der Waals surface area contributed by atoms with E-state index in [9.17, 15) is 0 Å². The van der Waals surface area contributed by atoms with E-state index in [4.69, 9.17) is 5.84 Å². The number of nitrogens with one attached hydrogen (secondary N) is 1. The number of nitrogens with two attached hydrogens (primary N) is 1. The number of hydrazine groups is 1. The van der Waals surface area contributed by atoms with Gasteiger partial charge in [0.05, 0.1) is 0 Å². The third kappa shape index (κ3) is 2.67. The molecule has 0 radical (unpaired) electrons. The summed E-state index contributed by atoms with van der Waals surface area (Å²) in [6.07, 6.45) is 8.44. The van der Waals surface area contributed by atoms with Gasteiger partial charge in [0.25, 0.3) is 0 Å². The van der Waals surface area contributed by atoms with Crippen molar-refractivity contribution >= 4 is 0 Å². The maximum atomic E-state index is 5.26. The fourth-order valence-corrected chi connectivity index (χ4v) is 1.73. The Bertz CT molecular complexity index is 75.3. The Morgan fingerprint density at radius 2 is 1.70 bits per heavy atom. The Balaban J connectivity index is 2.15. The molecule has 2 nitrogen and oxygen atoms in total. The summed E-state index contributed by atoms with van der Waals surface area (Å²) in [7, 11) is 0. The number of hydrogen-bond acceptors (Lipinski definition) is 2. The molecule has 1 rings (SSSR count). The molecule has 1 aliphatic rings. The van der Waals surface area contributed by atoms with Crippen LogP contribution >= 0.6 is 0 Å². The molecule has 0 aliphatic heterocycles. The molecule has 0 bridgehead atoms. The molecule has 0 unspecified atom stereocenters. The van der Waals surface area contributed by atoms with Crippen molar-refractivity contribution in [1.82, 2.24) is 5.43 Å². The van der Waals surface area contributed by atoms with E-state index in [0.29, 0.717) is 0 Å². The molecule has 0 saturated heterocycles. The Kier molecular flexibility index (Phi) is 3.76. The van der Waals surface area contributed by atoms with Crippen LogP contribution in [-0.4, -0.2) is 6.54 Å². The fraction of sp³-hybridized carbons (Fsp3) is 1.00. The van der Waals surface area contributed by atoms with Gasteiger partial charge in [0.2, 0.25) is 0 Å². The van der Waals surface area contributed by atoms with Crippen molar-refractivity contribution in [2.75, 3.05) is 6.54 Å². The topological polar surface area (TPSA) is 38.0 Å². The molecule has 0 atom stereocenters. The van der Waals surface area contributed by atoms with Gasteiger partial charge in [0.15, 0.2) is 0 Å². The highest BCUT2D eigenvalue weighted by atomic mass is 15.2. The lowest BCUT2D eigenvalue weighted by Gasteiger charge is -2.11. The Labute approximate surface area is 63.1 Å². The quantitative estimate of drug-likeness (QED) is 0.347. The first-order valence-corrected chi connectivity index (χ1v) is 4.37. The molecule has 1 saturated carbocycles. The molecule has 10 heavy (non-hydrogen) atoms. The normalized spacial score (nSPS) is 22.5. The Hall–Kier alpha value is -0.0800. The van der Waals surface area contributed by atoms with Crippen molar-refractivity contribution < 1.29 is 0 Å². The van der Waals surface area contributed by atoms with Crippen molar-refractivity contribution in [1.29, 1.82) is 0 Å². The summed E-state index contributed by atoms with van der Waals surface area (Å²) in [5.41, 5.74) is 2.77. The van der Waals surface area contributed by atoms with E-state index in [1.54, 1.807) is 0 Å². The van der Waals surface area contributed by atoms with E-state index in [-0.39, 0.29) is 0 Å². The molecule has 1 fully saturated rings. The summed E-state index contributed by atoms with van der Waals surface area (Å²) in [5.74, 6) is 6.11. The minimum Gasteiger partial charge on any atom is -0.271 e. The second kappa shape index (κ2) is 4.69. The van der Waals surface area contributed by atoms with Gasteiger partial charge < -0.3 is 0 Å². The van der Waals surface area contributed by atoms with Crippen molar-refractivity contribution in [2.45, 2.75) is 38.5 Å². The van der Waals surface area contributed by atoms with Gasteiger partial charge in [-0.25, -0.2) is 0 Å². The number of rotatable bonds is 2. The lowest BCUT2D eigenvalue weighted by atomic mass is 10.0. The zero-order valence-corrected chi connectivity index (χ0v) is 6.60. The van der Waals surface area contributed by atoms with Crippen LogP contribution in [0.5, 0.6) is 0 Å². The second-order valence-electron chi connectivity index (χ2n) is 3.27. The minimum absolute atomic E-state index is 0.854. The molecule has 60 valence electrons. The number of hydrogen-bond donors (Lipinski definition) is 2.